The molecule has 0 saturated heterocycles. The number of amides is 1. The third-order valence-electron chi connectivity index (χ3n) is 4.16. The van der Waals surface area contributed by atoms with Gasteiger partial charge in [-0.3, -0.25) is 4.79 Å². The third-order valence-corrected chi connectivity index (χ3v) is 4.16. The lowest BCUT2D eigenvalue weighted by molar-refractivity contribution is 0.0697. The number of carboxylic acid groups (broad SMARTS) is 1. The first kappa shape index (κ1) is 16.5. The quantitative estimate of drug-likeness (QED) is 0.562. The number of fused-ring (bicyclic) bond motifs is 1. The molecule has 0 bridgehead atoms. The lowest BCUT2D eigenvalue weighted by atomic mass is 10.1. The summed E-state index contributed by atoms with van der Waals surface area (Å²) in [6, 6.07) is 20.7. The van der Waals surface area contributed by atoms with Crippen molar-refractivity contribution >= 4 is 28.5 Å². The van der Waals surface area contributed by atoms with Gasteiger partial charge in [0.1, 0.15) is 5.52 Å². The van der Waals surface area contributed by atoms with Crippen LogP contribution < -0.4 is 5.32 Å². The van der Waals surface area contributed by atoms with Crippen molar-refractivity contribution in [1.82, 2.24) is 5.16 Å². The van der Waals surface area contributed by atoms with Gasteiger partial charge in [0.25, 0.3) is 5.91 Å². The van der Waals surface area contributed by atoms with Gasteiger partial charge in [-0.15, -0.1) is 0 Å². The number of aromatic nitrogens is 1. The second-order valence-electron chi connectivity index (χ2n) is 5.95. The van der Waals surface area contributed by atoms with Gasteiger partial charge in [0.05, 0.1) is 10.9 Å². The van der Waals surface area contributed by atoms with Crippen LogP contribution in [-0.4, -0.2) is 22.1 Å². The number of rotatable bonds is 4. The summed E-state index contributed by atoms with van der Waals surface area (Å²) in [4.78, 5) is 23.4. The van der Waals surface area contributed by atoms with Gasteiger partial charge >= 0.3 is 5.97 Å². The molecule has 6 heteroatoms. The predicted octanol–water partition coefficient (Wildman–Crippen LogP) is 4.45. The van der Waals surface area contributed by atoms with Crippen molar-refractivity contribution in [2.75, 3.05) is 5.32 Å². The standard InChI is InChI=1S/C21H14N2O4/c24-20(14-4-2-1-3-5-14)22-16-9-6-13(7-10-16)19-17-12-15(21(25)26)8-11-18(17)23-27-19/h1-12H,(H,22,24)(H,25,26). The van der Waals surface area contributed by atoms with Crippen LogP contribution in [-0.2, 0) is 0 Å². The SMILES string of the molecule is O=C(O)c1ccc2noc(-c3ccc(NC(=O)c4ccccc4)cc3)c2c1. The highest BCUT2D eigenvalue weighted by molar-refractivity contribution is 6.04. The zero-order valence-electron chi connectivity index (χ0n) is 14.0. The molecule has 0 aliphatic heterocycles. The maximum atomic E-state index is 12.2. The molecule has 0 saturated carbocycles. The second-order valence-corrected chi connectivity index (χ2v) is 5.95. The van der Waals surface area contributed by atoms with Crippen molar-refractivity contribution in [1.29, 1.82) is 0 Å². The Bertz CT molecular complexity index is 1130. The highest BCUT2D eigenvalue weighted by atomic mass is 16.5. The number of carbonyl (C=O) groups excluding carboxylic acids is 1. The number of aromatic carboxylic acids is 1. The minimum atomic E-state index is -1.01. The summed E-state index contributed by atoms with van der Waals surface area (Å²) in [6.45, 7) is 0. The lowest BCUT2D eigenvalue weighted by Gasteiger charge is -2.06. The van der Waals surface area contributed by atoms with Crippen LogP contribution in [0.1, 0.15) is 20.7 Å². The monoisotopic (exact) mass is 358 g/mol. The zero-order valence-corrected chi connectivity index (χ0v) is 14.0. The van der Waals surface area contributed by atoms with E-state index in [1.165, 1.54) is 12.1 Å². The first-order valence-corrected chi connectivity index (χ1v) is 8.21. The second kappa shape index (κ2) is 6.76. The Hall–Kier alpha value is -3.93. The van der Waals surface area contributed by atoms with Crippen LogP contribution in [0.15, 0.2) is 77.3 Å². The smallest absolute Gasteiger partial charge is 0.335 e. The van der Waals surface area contributed by atoms with E-state index < -0.39 is 5.97 Å². The minimum absolute atomic E-state index is 0.165. The molecule has 4 rings (SSSR count). The largest absolute Gasteiger partial charge is 0.478 e. The molecular weight excluding hydrogens is 344 g/mol. The van der Waals surface area contributed by atoms with E-state index in [1.54, 1.807) is 54.6 Å². The van der Waals surface area contributed by atoms with Crippen molar-refractivity contribution in [3.63, 3.8) is 0 Å². The number of anilines is 1. The maximum absolute atomic E-state index is 12.2. The Morgan fingerprint density at radius 2 is 1.63 bits per heavy atom. The summed E-state index contributed by atoms with van der Waals surface area (Å²) < 4.78 is 5.40. The molecule has 3 aromatic carbocycles. The molecule has 0 atom stereocenters. The molecule has 132 valence electrons. The van der Waals surface area contributed by atoms with Gasteiger partial charge in [-0.25, -0.2) is 4.79 Å². The van der Waals surface area contributed by atoms with Crippen LogP contribution in [0.5, 0.6) is 0 Å². The number of nitrogens with one attached hydrogen (secondary N) is 1. The molecule has 0 unspecified atom stereocenters. The summed E-state index contributed by atoms with van der Waals surface area (Å²) in [5.74, 6) is -0.725. The molecule has 0 radical (unpaired) electrons. The van der Waals surface area contributed by atoms with Crippen LogP contribution in [0.2, 0.25) is 0 Å². The minimum Gasteiger partial charge on any atom is -0.478 e. The van der Waals surface area contributed by atoms with E-state index in [0.717, 1.165) is 5.56 Å². The molecular formula is C21H14N2O4. The van der Waals surface area contributed by atoms with Crippen molar-refractivity contribution in [2.45, 2.75) is 0 Å². The van der Waals surface area contributed by atoms with E-state index in [4.69, 9.17) is 9.63 Å². The van der Waals surface area contributed by atoms with Gasteiger partial charge in [-0.05, 0) is 54.6 Å². The molecule has 0 fully saturated rings. The van der Waals surface area contributed by atoms with Crippen molar-refractivity contribution in [3.8, 4) is 11.3 Å². The van der Waals surface area contributed by atoms with Gasteiger partial charge in [-0.1, -0.05) is 23.4 Å². The van der Waals surface area contributed by atoms with Crippen LogP contribution >= 0.6 is 0 Å². The number of hydrogen-bond acceptors (Lipinski definition) is 4. The average Bonchev–Trinajstić information content (AvgIpc) is 3.12. The van der Waals surface area contributed by atoms with Crippen LogP contribution in [0, 0.1) is 0 Å². The average molecular weight is 358 g/mol. The summed E-state index contributed by atoms with van der Waals surface area (Å²) in [6.07, 6.45) is 0. The fourth-order valence-electron chi connectivity index (χ4n) is 2.78. The van der Waals surface area contributed by atoms with Gasteiger partial charge in [0.2, 0.25) is 0 Å². The molecule has 0 aliphatic rings. The molecule has 1 heterocycles. The summed E-state index contributed by atoms with van der Waals surface area (Å²) in [5, 5.41) is 16.6. The first-order chi connectivity index (χ1) is 13.1. The topological polar surface area (TPSA) is 92.4 Å². The molecule has 4 aromatic rings. The first-order valence-electron chi connectivity index (χ1n) is 8.21. The highest BCUT2D eigenvalue weighted by Crippen LogP contribution is 2.30. The van der Waals surface area contributed by atoms with Crippen LogP contribution in [0.25, 0.3) is 22.2 Å². The van der Waals surface area contributed by atoms with E-state index in [-0.39, 0.29) is 11.5 Å². The van der Waals surface area contributed by atoms with E-state index >= 15 is 0 Å². The lowest BCUT2D eigenvalue weighted by Crippen LogP contribution is -2.11. The van der Waals surface area contributed by atoms with E-state index in [0.29, 0.717) is 27.9 Å². The Balaban J connectivity index is 1.61. The molecule has 0 spiro atoms. The van der Waals surface area contributed by atoms with Gasteiger partial charge in [-0.2, -0.15) is 0 Å². The maximum Gasteiger partial charge on any atom is 0.335 e. The number of carbonyl (C=O) groups is 2. The Kier molecular flexibility index (Phi) is 4.14. The Labute approximate surface area is 154 Å². The summed E-state index contributed by atoms with van der Waals surface area (Å²) in [5.41, 5.74) is 2.69. The van der Waals surface area contributed by atoms with Crippen LogP contribution in [0.4, 0.5) is 5.69 Å². The number of hydrogen-bond donors (Lipinski definition) is 2. The van der Waals surface area contributed by atoms with E-state index in [2.05, 4.69) is 10.5 Å². The Morgan fingerprint density at radius 3 is 2.33 bits per heavy atom. The fraction of sp³-hybridized carbons (Fsp3) is 0. The molecule has 27 heavy (non-hydrogen) atoms. The number of carboxylic acids is 1. The molecule has 0 aliphatic carbocycles. The molecule has 6 nitrogen and oxygen atoms in total. The highest BCUT2D eigenvalue weighted by Gasteiger charge is 2.14. The normalized spacial score (nSPS) is 10.7. The van der Waals surface area contributed by atoms with Gasteiger partial charge < -0.3 is 14.9 Å². The molecule has 2 N–H and O–H groups in total. The van der Waals surface area contributed by atoms with Crippen molar-refractivity contribution < 1.29 is 19.2 Å². The van der Waals surface area contributed by atoms with Crippen molar-refractivity contribution in [2.24, 2.45) is 0 Å². The fourth-order valence-corrected chi connectivity index (χ4v) is 2.78. The van der Waals surface area contributed by atoms with Crippen LogP contribution in [0.3, 0.4) is 0 Å². The van der Waals surface area contributed by atoms with E-state index in [1.807, 2.05) is 6.07 Å². The van der Waals surface area contributed by atoms with Gasteiger partial charge in [0, 0.05) is 16.8 Å². The zero-order chi connectivity index (χ0) is 18.8. The third kappa shape index (κ3) is 3.28. The van der Waals surface area contributed by atoms with Crippen molar-refractivity contribution in [3.05, 3.63) is 83.9 Å². The van der Waals surface area contributed by atoms with E-state index in [9.17, 15) is 9.59 Å². The molecule has 1 amide bonds. The number of benzene rings is 3. The molecule has 1 aromatic heterocycles. The van der Waals surface area contributed by atoms with Gasteiger partial charge in [0.15, 0.2) is 5.76 Å². The summed E-state index contributed by atoms with van der Waals surface area (Å²) in [7, 11) is 0. The predicted molar refractivity (Wildman–Crippen MR) is 101 cm³/mol. The number of nitrogens with zero attached hydrogens (tertiary/aromatic N) is 1. The Morgan fingerprint density at radius 1 is 0.889 bits per heavy atom. The summed E-state index contributed by atoms with van der Waals surface area (Å²) >= 11 is 0.